The first-order chi connectivity index (χ1) is 9.11. The minimum Gasteiger partial charge on any atom is -0.368 e. The summed E-state index contributed by atoms with van der Waals surface area (Å²) in [4.78, 5) is 16.4. The molecule has 0 spiro atoms. The molecule has 0 amide bonds. The van der Waals surface area contributed by atoms with Gasteiger partial charge in [-0.05, 0) is 12.1 Å². The number of hydrogen-bond donors (Lipinski definition) is 0. The summed E-state index contributed by atoms with van der Waals surface area (Å²) >= 11 is 1.50. The SMILES string of the molecule is CN(Cc1cscn1)c1ccc(C#N)c([N+](=O)[O-])c1. The van der Waals surface area contributed by atoms with Crippen LogP contribution in [0.25, 0.3) is 0 Å². The lowest BCUT2D eigenvalue weighted by Crippen LogP contribution is -2.16. The van der Waals surface area contributed by atoms with Crippen molar-refractivity contribution >= 4 is 22.7 Å². The number of nitrogens with zero attached hydrogens (tertiary/aromatic N) is 4. The summed E-state index contributed by atoms with van der Waals surface area (Å²) in [6, 6.07) is 6.38. The van der Waals surface area contributed by atoms with Crippen LogP contribution in [-0.2, 0) is 6.54 Å². The molecule has 0 unspecified atom stereocenters. The molecule has 0 fully saturated rings. The average Bonchev–Trinajstić information content (AvgIpc) is 2.90. The highest BCUT2D eigenvalue weighted by Crippen LogP contribution is 2.25. The lowest BCUT2D eigenvalue weighted by atomic mass is 10.1. The number of nitro groups is 1. The fourth-order valence-corrected chi connectivity index (χ4v) is 2.20. The molecule has 1 aromatic heterocycles. The Morgan fingerprint density at radius 2 is 2.37 bits per heavy atom. The van der Waals surface area contributed by atoms with E-state index in [1.54, 1.807) is 11.6 Å². The van der Waals surface area contributed by atoms with Gasteiger partial charge in [-0.3, -0.25) is 10.1 Å². The van der Waals surface area contributed by atoms with Crippen LogP contribution in [0.4, 0.5) is 11.4 Å². The summed E-state index contributed by atoms with van der Waals surface area (Å²) in [7, 11) is 1.82. The summed E-state index contributed by atoms with van der Waals surface area (Å²) in [6.45, 7) is 0.562. The third-order valence-electron chi connectivity index (χ3n) is 2.62. The number of rotatable bonds is 4. The fraction of sp³-hybridized carbons (Fsp3) is 0.167. The first-order valence-electron chi connectivity index (χ1n) is 5.38. The number of thiazole rings is 1. The molecule has 96 valence electrons. The maximum absolute atomic E-state index is 10.9. The second-order valence-electron chi connectivity index (χ2n) is 3.91. The molecular formula is C12H10N4O2S. The van der Waals surface area contributed by atoms with Gasteiger partial charge in [0.25, 0.3) is 5.69 Å². The standard InChI is InChI=1S/C12H10N4O2S/c1-15(6-10-7-19-8-14-10)11-3-2-9(5-13)12(4-11)16(17)18/h2-4,7-8H,6H2,1H3. The lowest BCUT2D eigenvalue weighted by molar-refractivity contribution is -0.385. The maximum atomic E-state index is 10.9. The summed E-state index contributed by atoms with van der Waals surface area (Å²) in [5.41, 5.74) is 3.21. The van der Waals surface area contributed by atoms with Crippen LogP contribution in [0.2, 0.25) is 0 Å². The zero-order valence-electron chi connectivity index (χ0n) is 10.1. The molecule has 0 atom stereocenters. The van der Waals surface area contributed by atoms with E-state index in [1.165, 1.54) is 23.5 Å². The van der Waals surface area contributed by atoms with Crippen molar-refractivity contribution in [2.24, 2.45) is 0 Å². The molecule has 6 nitrogen and oxygen atoms in total. The van der Waals surface area contributed by atoms with Gasteiger partial charge in [-0.15, -0.1) is 11.3 Å². The molecule has 1 heterocycles. The zero-order valence-corrected chi connectivity index (χ0v) is 10.9. The predicted molar refractivity (Wildman–Crippen MR) is 72.0 cm³/mol. The lowest BCUT2D eigenvalue weighted by Gasteiger charge is -2.17. The molecule has 2 aromatic rings. The van der Waals surface area contributed by atoms with Gasteiger partial charge in [0, 0.05) is 24.2 Å². The molecule has 0 aliphatic heterocycles. The van der Waals surface area contributed by atoms with Crippen molar-refractivity contribution in [3.63, 3.8) is 0 Å². The summed E-state index contributed by atoms with van der Waals surface area (Å²) in [6.07, 6.45) is 0. The van der Waals surface area contributed by atoms with Gasteiger partial charge in [-0.2, -0.15) is 5.26 Å². The van der Waals surface area contributed by atoms with Crippen LogP contribution in [0.5, 0.6) is 0 Å². The maximum Gasteiger partial charge on any atom is 0.289 e. The highest BCUT2D eigenvalue weighted by Gasteiger charge is 2.16. The number of benzene rings is 1. The number of nitro benzene ring substituents is 1. The van der Waals surface area contributed by atoms with Crippen LogP contribution in [0.15, 0.2) is 29.1 Å². The monoisotopic (exact) mass is 274 g/mol. The quantitative estimate of drug-likeness (QED) is 0.632. The van der Waals surface area contributed by atoms with Crippen LogP contribution in [0.3, 0.4) is 0 Å². The van der Waals surface area contributed by atoms with Crippen LogP contribution >= 0.6 is 11.3 Å². The Balaban J connectivity index is 2.28. The third-order valence-corrected chi connectivity index (χ3v) is 3.26. The molecule has 7 heteroatoms. The van der Waals surface area contributed by atoms with Crippen molar-refractivity contribution < 1.29 is 4.92 Å². The Morgan fingerprint density at radius 1 is 1.58 bits per heavy atom. The van der Waals surface area contributed by atoms with E-state index in [9.17, 15) is 10.1 Å². The van der Waals surface area contributed by atoms with Crippen molar-refractivity contribution in [1.82, 2.24) is 4.98 Å². The third kappa shape index (κ3) is 2.86. The molecule has 0 saturated carbocycles. The van der Waals surface area contributed by atoms with Crippen LogP contribution < -0.4 is 4.90 Å². The van der Waals surface area contributed by atoms with Gasteiger partial charge in [0.15, 0.2) is 0 Å². The minimum atomic E-state index is -0.543. The molecule has 0 radical (unpaired) electrons. The number of anilines is 1. The van der Waals surface area contributed by atoms with E-state index in [4.69, 9.17) is 5.26 Å². The van der Waals surface area contributed by atoms with Crippen LogP contribution in [-0.4, -0.2) is 17.0 Å². The smallest absolute Gasteiger partial charge is 0.289 e. The minimum absolute atomic E-state index is 0.0656. The zero-order chi connectivity index (χ0) is 13.8. The van der Waals surface area contributed by atoms with E-state index in [2.05, 4.69) is 4.98 Å². The Bertz CT molecular complexity index is 634. The Labute approximate surface area is 113 Å². The van der Waals surface area contributed by atoms with E-state index < -0.39 is 4.92 Å². The average molecular weight is 274 g/mol. The summed E-state index contributed by atoms with van der Waals surface area (Å²) in [5.74, 6) is 0. The van der Waals surface area contributed by atoms with E-state index in [1.807, 2.05) is 23.4 Å². The van der Waals surface area contributed by atoms with Crippen LogP contribution in [0, 0.1) is 21.4 Å². The van der Waals surface area contributed by atoms with Gasteiger partial charge < -0.3 is 4.90 Å². The molecule has 1 aromatic carbocycles. The number of hydrogen-bond acceptors (Lipinski definition) is 6. The normalized spacial score (nSPS) is 9.89. The van der Waals surface area contributed by atoms with Crippen LogP contribution in [0.1, 0.15) is 11.3 Å². The first kappa shape index (κ1) is 13.0. The molecule has 0 saturated heterocycles. The molecule has 0 N–H and O–H groups in total. The van der Waals surface area contributed by atoms with Gasteiger partial charge in [0.1, 0.15) is 11.6 Å². The molecule has 2 rings (SSSR count). The van der Waals surface area contributed by atoms with E-state index in [-0.39, 0.29) is 11.3 Å². The summed E-state index contributed by atoms with van der Waals surface area (Å²) < 4.78 is 0. The van der Waals surface area contributed by atoms with E-state index in [0.717, 1.165) is 5.69 Å². The topological polar surface area (TPSA) is 83.1 Å². The predicted octanol–water partition coefficient (Wildman–Crippen LogP) is 2.56. The fourth-order valence-electron chi connectivity index (χ4n) is 1.65. The van der Waals surface area contributed by atoms with Gasteiger partial charge >= 0.3 is 0 Å². The molecule has 0 aliphatic carbocycles. The molecule has 0 bridgehead atoms. The Kier molecular flexibility index (Phi) is 3.73. The van der Waals surface area contributed by atoms with Crippen molar-refractivity contribution in [3.05, 3.63) is 50.5 Å². The first-order valence-corrected chi connectivity index (χ1v) is 6.33. The number of aromatic nitrogens is 1. The van der Waals surface area contributed by atoms with Crippen molar-refractivity contribution in [1.29, 1.82) is 5.26 Å². The Hall–Kier alpha value is -2.46. The summed E-state index contributed by atoms with van der Waals surface area (Å²) in [5, 5.41) is 21.7. The highest BCUT2D eigenvalue weighted by molar-refractivity contribution is 7.07. The second kappa shape index (κ2) is 5.46. The van der Waals surface area contributed by atoms with Crippen molar-refractivity contribution in [2.45, 2.75) is 6.54 Å². The molecule has 19 heavy (non-hydrogen) atoms. The number of nitriles is 1. The molecule has 0 aliphatic rings. The molecular weight excluding hydrogens is 264 g/mol. The Morgan fingerprint density at radius 3 is 2.95 bits per heavy atom. The van der Waals surface area contributed by atoms with Gasteiger partial charge in [0.2, 0.25) is 0 Å². The van der Waals surface area contributed by atoms with E-state index >= 15 is 0 Å². The largest absolute Gasteiger partial charge is 0.368 e. The van der Waals surface area contributed by atoms with Gasteiger partial charge in [-0.25, -0.2) is 4.98 Å². The van der Waals surface area contributed by atoms with E-state index in [0.29, 0.717) is 12.2 Å². The van der Waals surface area contributed by atoms with Gasteiger partial charge in [-0.1, -0.05) is 0 Å². The second-order valence-corrected chi connectivity index (χ2v) is 4.62. The highest BCUT2D eigenvalue weighted by atomic mass is 32.1. The van der Waals surface area contributed by atoms with Gasteiger partial charge in [0.05, 0.1) is 22.7 Å². The van der Waals surface area contributed by atoms with Crippen molar-refractivity contribution in [2.75, 3.05) is 11.9 Å². The van der Waals surface area contributed by atoms with Crippen molar-refractivity contribution in [3.8, 4) is 6.07 Å².